The highest BCUT2D eigenvalue weighted by atomic mass is 16.6. The minimum atomic E-state index is -0.579. The van der Waals surface area contributed by atoms with E-state index in [1.807, 2.05) is 27.7 Å². The summed E-state index contributed by atoms with van der Waals surface area (Å²) in [4.78, 5) is 25.1. The van der Waals surface area contributed by atoms with Crippen molar-refractivity contribution in [3.05, 3.63) is 69.8 Å². The van der Waals surface area contributed by atoms with Crippen LogP contribution in [0.4, 0.5) is 0 Å². The van der Waals surface area contributed by atoms with Gasteiger partial charge in [-0.15, -0.1) is 0 Å². The fraction of sp³-hybridized carbons (Fsp3) is 0.500. The van der Waals surface area contributed by atoms with Gasteiger partial charge < -0.3 is 9.47 Å². The smallest absolute Gasteiger partial charge is 0.309 e. The van der Waals surface area contributed by atoms with E-state index in [1.54, 1.807) is 6.92 Å². The molecule has 0 saturated carbocycles. The first-order chi connectivity index (χ1) is 14.8. The van der Waals surface area contributed by atoms with Gasteiger partial charge in [-0.1, -0.05) is 54.4 Å². The lowest BCUT2D eigenvalue weighted by Gasteiger charge is -2.29. The van der Waals surface area contributed by atoms with Crippen LogP contribution in [0.2, 0.25) is 0 Å². The number of aryl methyl sites for hydroxylation is 4. The number of carbonyl (C=O) groups excluding carboxylic acids is 2. The molecule has 0 aliphatic heterocycles. The lowest BCUT2D eigenvalue weighted by Crippen LogP contribution is -2.30. The van der Waals surface area contributed by atoms with Crippen LogP contribution in [0.15, 0.2) is 36.4 Å². The third-order valence-corrected chi connectivity index (χ3v) is 5.61. The Bertz CT molecular complexity index is 916. The Morgan fingerprint density at radius 2 is 1.31 bits per heavy atom. The van der Waals surface area contributed by atoms with Gasteiger partial charge in [-0.2, -0.15) is 0 Å². The van der Waals surface area contributed by atoms with Crippen molar-refractivity contribution in [3.8, 4) is 0 Å². The standard InChI is InChI=1S/C28H38O4/c1-17-10-12-19(3)23(14-17)26(24-15-18(2)11-13-20(24)4)22(6)31-27(30)21(5)16-25(29)32-28(7,8)9/h10-15,21-22,26H,16H2,1-9H3/t21-,22+/m1/s1. The van der Waals surface area contributed by atoms with Gasteiger partial charge in [0.15, 0.2) is 0 Å². The highest BCUT2D eigenvalue weighted by molar-refractivity contribution is 5.80. The summed E-state index contributed by atoms with van der Waals surface area (Å²) in [7, 11) is 0. The molecule has 4 heteroatoms. The molecule has 2 aromatic carbocycles. The zero-order valence-electron chi connectivity index (χ0n) is 21.0. The molecule has 0 amide bonds. The minimum Gasteiger partial charge on any atom is -0.461 e. The van der Waals surface area contributed by atoms with Crippen molar-refractivity contribution in [1.82, 2.24) is 0 Å². The third-order valence-electron chi connectivity index (χ3n) is 5.61. The first-order valence-electron chi connectivity index (χ1n) is 11.3. The van der Waals surface area contributed by atoms with Gasteiger partial charge in [-0.25, -0.2) is 0 Å². The molecular weight excluding hydrogens is 400 g/mol. The number of carbonyl (C=O) groups is 2. The molecule has 2 atom stereocenters. The van der Waals surface area contributed by atoms with Crippen LogP contribution in [-0.4, -0.2) is 23.6 Å². The fourth-order valence-corrected chi connectivity index (χ4v) is 3.95. The normalized spacial score (nSPS) is 13.6. The summed E-state index contributed by atoms with van der Waals surface area (Å²) in [5.74, 6) is -1.46. The summed E-state index contributed by atoms with van der Waals surface area (Å²) >= 11 is 0. The Hall–Kier alpha value is -2.62. The van der Waals surface area contributed by atoms with E-state index >= 15 is 0 Å². The molecule has 0 aromatic heterocycles. The third kappa shape index (κ3) is 6.94. The van der Waals surface area contributed by atoms with Crippen LogP contribution in [0.1, 0.15) is 80.3 Å². The first kappa shape index (κ1) is 25.6. The maximum Gasteiger partial charge on any atom is 0.309 e. The Morgan fingerprint density at radius 3 is 1.75 bits per heavy atom. The number of hydrogen-bond acceptors (Lipinski definition) is 4. The van der Waals surface area contributed by atoms with E-state index in [2.05, 4.69) is 64.1 Å². The quantitative estimate of drug-likeness (QED) is 0.473. The van der Waals surface area contributed by atoms with Crippen molar-refractivity contribution in [2.24, 2.45) is 5.92 Å². The Balaban J connectivity index is 2.32. The van der Waals surface area contributed by atoms with E-state index in [0.29, 0.717) is 0 Å². The molecule has 32 heavy (non-hydrogen) atoms. The average Bonchev–Trinajstić information content (AvgIpc) is 2.65. The fourth-order valence-electron chi connectivity index (χ4n) is 3.95. The summed E-state index contributed by atoms with van der Waals surface area (Å²) in [6, 6.07) is 12.8. The van der Waals surface area contributed by atoms with Crippen molar-refractivity contribution in [2.75, 3.05) is 0 Å². The van der Waals surface area contributed by atoms with Gasteiger partial charge in [0.25, 0.3) is 0 Å². The highest BCUT2D eigenvalue weighted by Crippen LogP contribution is 2.35. The van der Waals surface area contributed by atoms with E-state index in [1.165, 1.54) is 0 Å². The van der Waals surface area contributed by atoms with Gasteiger partial charge in [0.1, 0.15) is 11.7 Å². The largest absolute Gasteiger partial charge is 0.461 e. The Kier molecular flexibility index (Phi) is 8.28. The van der Waals surface area contributed by atoms with Gasteiger partial charge in [0.2, 0.25) is 0 Å². The summed E-state index contributed by atoms with van der Waals surface area (Å²) in [6.45, 7) is 17.4. The molecule has 0 heterocycles. The van der Waals surface area contributed by atoms with Crippen molar-refractivity contribution in [2.45, 2.75) is 86.4 Å². The van der Waals surface area contributed by atoms with Gasteiger partial charge in [0.05, 0.1) is 12.3 Å². The molecule has 0 saturated heterocycles. The van der Waals surface area contributed by atoms with Gasteiger partial charge >= 0.3 is 11.9 Å². The van der Waals surface area contributed by atoms with Crippen molar-refractivity contribution in [1.29, 1.82) is 0 Å². The summed E-state index contributed by atoms with van der Waals surface area (Å²) in [5, 5.41) is 0. The number of hydrogen-bond donors (Lipinski definition) is 0. The molecule has 2 rings (SSSR count). The highest BCUT2D eigenvalue weighted by Gasteiger charge is 2.30. The SMILES string of the molecule is Cc1ccc(C)c(C(c2cc(C)ccc2C)[C@H](C)OC(=O)[C@H](C)CC(=O)OC(C)(C)C)c1. The molecular formula is C28H38O4. The van der Waals surface area contributed by atoms with E-state index in [9.17, 15) is 9.59 Å². The van der Waals surface area contributed by atoms with Crippen molar-refractivity contribution >= 4 is 11.9 Å². The van der Waals surface area contributed by atoms with Gasteiger partial charge in [0, 0.05) is 5.92 Å². The molecule has 0 radical (unpaired) electrons. The van der Waals surface area contributed by atoms with E-state index in [-0.39, 0.29) is 18.3 Å². The zero-order chi connectivity index (χ0) is 24.2. The molecule has 0 N–H and O–H groups in total. The topological polar surface area (TPSA) is 52.6 Å². The number of rotatable bonds is 7. The number of benzene rings is 2. The number of esters is 2. The molecule has 0 fully saturated rings. The maximum atomic E-state index is 12.9. The van der Waals surface area contributed by atoms with Crippen LogP contribution in [0.5, 0.6) is 0 Å². The predicted molar refractivity (Wildman–Crippen MR) is 129 cm³/mol. The predicted octanol–water partition coefficient (Wildman–Crippen LogP) is 6.35. The molecule has 2 aromatic rings. The van der Waals surface area contributed by atoms with E-state index in [4.69, 9.17) is 9.47 Å². The van der Waals surface area contributed by atoms with Crippen LogP contribution in [0, 0.1) is 33.6 Å². The van der Waals surface area contributed by atoms with E-state index < -0.39 is 23.6 Å². The molecule has 0 aliphatic carbocycles. The first-order valence-corrected chi connectivity index (χ1v) is 11.3. The lowest BCUT2D eigenvalue weighted by molar-refractivity contribution is -0.163. The van der Waals surface area contributed by atoms with Crippen molar-refractivity contribution in [3.63, 3.8) is 0 Å². The summed E-state index contributed by atoms with van der Waals surface area (Å²) < 4.78 is 11.3. The van der Waals surface area contributed by atoms with Crippen molar-refractivity contribution < 1.29 is 19.1 Å². The monoisotopic (exact) mass is 438 g/mol. The van der Waals surface area contributed by atoms with Crippen LogP contribution >= 0.6 is 0 Å². The van der Waals surface area contributed by atoms with Crippen LogP contribution in [0.25, 0.3) is 0 Å². The Morgan fingerprint density at radius 1 is 0.844 bits per heavy atom. The molecule has 0 unspecified atom stereocenters. The molecule has 0 aliphatic rings. The molecule has 0 bridgehead atoms. The maximum absolute atomic E-state index is 12.9. The van der Waals surface area contributed by atoms with Gasteiger partial charge in [-0.3, -0.25) is 9.59 Å². The molecule has 0 spiro atoms. The molecule has 4 nitrogen and oxygen atoms in total. The average molecular weight is 439 g/mol. The number of ether oxygens (including phenoxy) is 2. The van der Waals surface area contributed by atoms with E-state index in [0.717, 1.165) is 33.4 Å². The van der Waals surface area contributed by atoms with Gasteiger partial charge in [-0.05, 0) is 77.6 Å². The second-order valence-electron chi connectivity index (χ2n) is 10.0. The van der Waals surface area contributed by atoms with Crippen LogP contribution in [-0.2, 0) is 19.1 Å². The summed E-state index contributed by atoms with van der Waals surface area (Å²) in [6.07, 6.45) is -0.398. The van der Waals surface area contributed by atoms with Crippen LogP contribution in [0.3, 0.4) is 0 Å². The summed E-state index contributed by atoms with van der Waals surface area (Å²) in [5.41, 5.74) is 6.37. The minimum absolute atomic E-state index is 0.000432. The Labute approximate surface area is 193 Å². The second kappa shape index (κ2) is 10.3. The van der Waals surface area contributed by atoms with Crippen LogP contribution < -0.4 is 0 Å². The second-order valence-corrected chi connectivity index (χ2v) is 10.0. The lowest BCUT2D eigenvalue weighted by atomic mass is 9.81. The molecule has 174 valence electrons. The zero-order valence-corrected chi connectivity index (χ0v) is 21.0.